The summed E-state index contributed by atoms with van der Waals surface area (Å²) in [7, 11) is 6.42. The Bertz CT molecular complexity index is 3170. The van der Waals surface area contributed by atoms with Gasteiger partial charge in [-0.3, -0.25) is 0 Å². The first-order chi connectivity index (χ1) is 34.0. The summed E-state index contributed by atoms with van der Waals surface area (Å²) in [5, 5.41) is 0. The third kappa shape index (κ3) is 9.14. The minimum absolute atomic E-state index is 0.159. The number of hydrogen-bond acceptors (Lipinski definition) is 10. The number of nitrogens with one attached hydrogen (secondary N) is 2. The second-order valence-electron chi connectivity index (χ2n) is 22.6. The maximum atomic E-state index is 6.01. The molecule has 0 atom stereocenters. The van der Waals surface area contributed by atoms with Crippen LogP contribution in [0.15, 0.2) is 73.3 Å². The van der Waals surface area contributed by atoms with E-state index in [4.69, 9.17) is 28.9 Å². The van der Waals surface area contributed by atoms with Crippen molar-refractivity contribution in [2.75, 3.05) is 28.4 Å². The van der Waals surface area contributed by atoms with Crippen molar-refractivity contribution in [3.63, 3.8) is 0 Å². The average molecular weight is 963 g/mol. The zero-order chi connectivity index (χ0) is 51.7. The molecule has 7 aromatic rings. The summed E-state index contributed by atoms with van der Waals surface area (Å²) in [6, 6.07) is 22.2. The van der Waals surface area contributed by atoms with Gasteiger partial charge in [0, 0.05) is 44.3 Å². The van der Waals surface area contributed by atoms with Gasteiger partial charge in [0.2, 0.25) is 23.5 Å². The predicted molar refractivity (Wildman–Crippen MR) is 293 cm³/mol. The second kappa shape index (κ2) is 18.2. The van der Waals surface area contributed by atoms with E-state index in [-0.39, 0.29) is 21.7 Å². The fraction of sp³-hybridized carbons (Fsp3) is 0.333. The Morgan fingerprint density at radius 3 is 0.833 bits per heavy atom. The molecule has 2 aliphatic rings. The highest BCUT2D eigenvalue weighted by molar-refractivity contribution is 6.01. The molecule has 0 aliphatic carbocycles. The summed E-state index contributed by atoms with van der Waals surface area (Å²) in [5.41, 5.74) is 16.5. The molecule has 370 valence electrons. The van der Waals surface area contributed by atoms with Gasteiger partial charge in [0.15, 0.2) is 0 Å². The van der Waals surface area contributed by atoms with Crippen LogP contribution in [0, 0.1) is 0 Å². The van der Waals surface area contributed by atoms with E-state index in [1.807, 2.05) is 12.2 Å². The number of benzene rings is 2. The lowest BCUT2D eigenvalue weighted by Crippen LogP contribution is -2.16. The number of rotatable bonds is 8. The van der Waals surface area contributed by atoms with Crippen molar-refractivity contribution in [1.29, 1.82) is 0 Å². The van der Waals surface area contributed by atoms with Crippen LogP contribution in [0.1, 0.15) is 128 Å². The Kier molecular flexibility index (Phi) is 12.5. The fourth-order valence-corrected chi connectivity index (χ4v) is 9.37. The van der Waals surface area contributed by atoms with E-state index >= 15 is 0 Å². The summed E-state index contributed by atoms with van der Waals surface area (Å²) in [6.07, 6.45) is 11.1. The Morgan fingerprint density at radius 1 is 0.333 bits per heavy atom. The zero-order valence-electron chi connectivity index (χ0n) is 44.6. The number of aromatic nitrogens is 8. The quantitative estimate of drug-likeness (QED) is 0.151. The highest BCUT2D eigenvalue weighted by Gasteiger charge is 2.29. The van der Waals surface area contributed by atoms with Gasteiger partial charge >= 0.3 is 0 Å². The van der Waals surface area contributed by atoms with E-state index in [1.54, 1.807) is 28.4 Å². The number of nitrogens with zero attached hydrogens (tertiary/aromatic N) is 6. The molecule has 0 radical (unpaired) electrons. The predicted octanol–water partition coefficient (Wildman–Crippen LogP) is 14.1. The van der Waals surface area contributed by atoms with Crippen LogP contribution in [0.3, 0.4) is 0 Å². The minimum atomic E-state index is -0.159. The molecule has 0 saturated heterocycles. The van der Waals surface area contributed by atoms with Crippen molar-refractivity contribution in [3.8, 4) is 68.0 Å². The molecular formula is C60H66N8O4. The Labute approximate surface area is 423 Å². The van der Waals surface area contributed by atoms with Crippen LogP contribution in [0.2, 0.25) is 0 Å². The molecule has 0 saturated carbocycles. The van der Waals surface area contributed by atoms with Crippen LogP contribution in [-0.2, 0) is 21.7 Å². The zero-order valence-corrected chi connectivity index (χ0v) is 44.6. The summed E-state index contributed by atoms with van der Waals surface area (Å²) in [5.74, 6) is 1.37. The normalized spacial score (nSPS) is 12.9. The Morgan fingerprint density at radius 2 is 0.583 bits per heavy atom. The van der Waals surface area contributed by atoms with Crippen molar-refractivity contribution in [2.45, 2.75) is 105 Å². The number of fused-ring (bicyclic) bond motifs is 8. The third-order valence-electron chi connectivity index (χ3n) is 13.5. The second-order valence-corrected chi connectivity index (χ2v) is 22.6. The summed E-state index contributed by atoms with van der Waals surface area (Å²) >= 11 is 0. The molecule has 12 heteroatoms. The van der Waals surface area contributed by atoms with E-state index in [9.17, 15) is 0 Å². The Hall–Kier alpha value is -7.60. The van der Waals surface area contributed by atoms with Gasteiger partial charge in [0.1, 0.15) is 23.8 Å². The highest BCUT2D eigenvalue weighted by Crippen LogP contribution is 2.46. The van der Waals surface area contributed by atoms with Crippen LogP contribution in [-0.4, -0.2) is 68.3 Å². The molecule has 2 N–H and O–H groups in total. The molecule has 12 nitrogen and oxygen atoms in total. The summed E-state index contributed by atoms with van der Waals surface area (Å²) < 4.78 is 24.0. The van der Waals surface area contributed by atoms with Crippen LogP contribution in [0.5, 0.6) is 23.5 Å². The topological polar surface area (TPSA) is 146 Å². The van der Waals surface area contributed by atoms with Gasteiger partial charge in [-0.15, -0.1) is 0 Å². The number of aromatic amines is 2. The minimum Gasteiger partial charge on any atom is -0.480 e. The molecule has 7 heterocycles. The molecule has 2 aliphatic heterocycles. The van der Waals surface area contributed by atoms with Crippen molar-refractivity contribution < 1.29 is 18.9 Å². The van der Waals surface area contributed by atoms with Crippen molar-refractivity contribution in [3.05, 3.63) is 118 Å². The Balaban J connectivity index is 1.55. The molecule has 8 bridgehead atoms. The summed E-state index contributed by atoms with van der Waals surface area (Å²) in [4.78, 5) is 37.4. The third-order valence-corrected chi connectivity index (χ3v) is 13.5. The molecule has 0 spiro atoms. The van der Waals surface area contributed by atoms with Gasteiger partial charge in [0.05, 0.1) is 51.2 Å². The van der Waals surface area contributed by atoms with E-state index in [1.165, 1.54) is 34.9 Å². The molecule has 5 aromatic heterocycles. The smallest absolute Gasteiger partial charge is 0.228 e. The molecule has 0 amide bonds. The number of H-pyrrole nitrogens is 2. The van der Waals surface area contributed by atoms with Crippen molar-refractivity contribution in [2.24, 2.45) is 0 Å². The molecular weight excluding hydrogens is 897 g/mol. The first-order valence-electron chi connectivity index (χ1n) is 24.4. The van der Waals surface area contributed by atoms with Gasteiger partial charge in [-0.2, -0.15) is 0 Å². The fourth-order valence-electron chi connectivity index (χ4n) is 9.37. The standard InChI is InChI=1S/C60H66N8O4/c1-57(2,3)35-25-33(26-36(29-35)58(4,5)6)47-39-17-21-43(65-39)49(51-53(69-13)61-31-62-54(51)70-14)45-23-19-41(67-45)48(34-27-37(59(7,8)9)30-38(28-34)60(10,11)12)42-20-24-46(68-42)50(44-22-18-40(47)66-44)52-55(71-15)63-32-64-56(52)72-16/h17-32,65,68H,1-16H3. The van der Waals surface area contributed by atoms with Crippen molar-refractivity contribution >= 4 is 46.4 Å². The van der Waals surface area contributed by atoms with Gasteiger partial charge in [-0.25, -0.2) is 29.9 Å². The number of methoxy groups -OCH3 is 4. The SMILES string of the molecule is COc1ncnc(OC)c1-c1c2nc(c(-c3cc(C(C)(C)C)cc(C(C)(C)C)c3)c3ccc([nH]3)c(-c3c(OC)ncnc3OC)c3nc(c(-c4cc(C(C)(C)C)cc(C(C)(C)C)c4)c4ccc1[nH]4)C=C3)C=C2. The van der Waals surface area contributed by atoms with E-state index < -0.39 is 0 Å². The molecule has 2 aromatic carbocycles. The lowest BCUT2D eigenvalue weighted by Gasteiger charge is -2.26. The molecule has 9 rings (SSSR count). The average Bonchev–Trinajstić information content (AvgIpc) is 4.19. The van der Waals surface area contributed by atoms with E-state index in [2.05, 4.69) is 186 Å². The first kappa shape index (κ1) is 49.4. The summed E-state index contributed by atoms with van der Waals surface area (Å²) in [6.45, 7) is 27.0. The van der Waals surface area contributed by atoms with Gasteiger partial charge in [-0.1, -0.05) is 119 Å². The first-order valence-corrected chi connectivity index (χ1v) is 24.4. The number of hydrogen-bond donors (Lipinski definition) is 2. The van der Waals surface area contributed by atoms with Crippen LogP contribution in [0.25, 0.3) is 90.9 Å². The van der Waals surface area contributed by atoms with Crippen LogP contribution >= 0.6 is 0 Å². The van der Waals surface area contributed by atoms with Gasteiger partial charge in [-0.05, 0) is 104 Å². The highest BCUT2D eigenvalue weighted by atomic mass is 16.5. The molecule has 72 heavy (non-hydrogen) atoms. The molecule has 0 unspecified atom stereocenters. The van der Waals surface area contributed by atoms with Gasteiger partial charge in [0.25, 0.3) is 0 Å². The van der Waals surface area contributed by atoms with Crippen molar-refractivity contribution in [1.82, 2.24) is 39.9 Å². The molecule has 0 fully saturated rings. The lowest BCUT2D eigenvalue weighted by atomic mass is 9.78. The largest absolute Gasteiger partial charge is 0.480 e. The van der Waals surface area contributed by atoms with Gasteiger partial charge < -0.3 is 28.9 Å². The number of ether oxygens (including phenoxy) is 4. The van der Waals surface area contributed by atoms with E-state index in [0.29, 0.717) is 57.2 Å². The lowest BCUT2D eigenvalue weighted by molar-refractivity contribution is 0.374. The van der Waals surface area contributed by atoms with Crippen LogP contribution < -0.4 is 18.9 Å². The maximum absolute atomic E-state index is 6.01. The van der Waals surface area contributed by atoms with Crippen LogP contribution in [0.4, 0.5) is 0 Å². The monoisotopic (exact) mass is 963 g/mol. The maximum Gasteiger partial charge on any atom is 0.228 e. The van der Waals surface area contributed by atoms with E-state index in [0.717, 1.165) is 55.7 Å².